The maximum absolute atomic E-state index is 13.5. The number of fused-ring (bicyclic) bond motifs is 2. The number of benzene rings is 1. The van der Waals surface area contributed by atoms with Crippen LogP contribution in [-0.4, -0.2) is 6.54 Å². The van der Waals surface area contributed by atoms with Gasteiger partial charge in [-0.3, -0.25) is 0 Å². The third kappa shape index (κ3) is 0.941. The molecule has 3 rings (SSSR count). The molecule has 1 aliphatic carbocycles. The van der Waals surface area contributed by atoms with Crippen molar-refractivity contribution in [3.63, 3.8) is 0 Å². The Morgan fingerprint density at radius 3 is 2.79 bits per heavy atom. The van der Waals surface area contributed by atoms with Crippen LogP contribution in [0.4, 0.5) is 10.1 Å². The largest absolute Gasteiger partial charge is 0.382 e. The van der Waals surface area contributed by atoms with Crippen molar-refractivity contribution in [2.24, 2.45) is 0 Å². The lowest BCUT2D eigenvalue weighted by molar-refractivity contribution is 0.489. The Hall–Kier alpha value is -1.05. The Kier molecular flexibility index (Phi) is 1.61. The van der Waals surface area contributed by atoms with Gasteiger partial charge in [-0.25, -0.2) is 4.39 Å². The first-order valence-corrected chi connectivity index (χ1v) is 5.35. The number of hydrogen-bond donors (Lipinski definition) is 1. The maximum atomic E-state index is 13.5. The fourth-order valence-electron chi connectivity index (χ4n) is 3.00. The maximum Gasteiger partial charge on any atom is 0.146 e. The molecule has 0 atom stereocenters. The Morgan fingerprint density at radius 1 is 1.21 bits per heavy atom. The van der Waals surface area contributed by atoms with Gasteiger partial charge in [0.1, 0.15) is 5.82 Å². The molecule has 0 radical (unpaired) electrons. The average Bonchev–Trinajstić information content (AvgIpc) is 2.78. The predicted octanol–water partition coefficient (Wildman–Crippen LogP) is 3.06. The van der Waals surface area contributed by atoms with Crippen LogP contribution in [-0.2, 0) is 5.41 Å². The minimum Gasteiger partial charge on any atom is -0.382 e. The van der Waals surface area contributed by atoms with E-state index in [9.17, 15) is 4.39 Å². The van der Waals surface area contributed by atoms with Crippen molar-refractivity contribution in [1.82, 2.24) is 0 Å². The highest BCUT2D eigenvalue weighted by molar-refractivity contribution is 5.61. The van der Waals surface area contributed by atoms with Gasteiger partial charge in [0.25, 0.3) is 0 Å². The zero-order chi connectivity index (χ0) is 9.60. The summed E-state index contributed by atoms with van der Waals surface area (Å²) in [6.45, 7) is 0.934. The van der Waals surface area contributed by atoms with Gasteiger partial charge in [-0.2, -0.15) is 0 Å². The molecule has 2 heteroatoms. The van der Waals surface area contributed by atoms with Crippen LogP contribution >= 0.6 is 0 Å². The summed E-state index contributed by atoms with van der Waals surface area (Å²) >= 11 is 0. The Morgan fingerprint density at radius 2 is 2.00 bits per heavy atom. The summed E-state index contributed by atoms with van der Waals surface area (Å²) in [4.78, 5) is 0. The molecular formula is C12H14FN. The van der Waals surface area contributed by atoms with Crippen molar-refractivity contribution in [3.05, 3.63) is 29.6 Å². The molecule has 74 valence electrons. The molecule has 14 heavy (non-hydrogen) atoms. The predicted molar refractivity (Wildman–Crippen MR) is 55.0 cm³/mol. The summed E-state index contributed by atoms with van der Waals surface area (Å²) in [5.74, 6) is -0.0914. The van der Waals surface area contributed by atoms with Gasteiger partial charge >= 0.3 is 0 Å². The van der Waals surface area contributed by atoms with Gasteiger partial charge in [0, 0.05) is 12.0 Å². The highest BCUT2D eigenvalue weighted by atomic mass is 19.1. The van der Waals surface area contributed by atoms with Gasteiger partial charge < -0.3 is 5.32 Å². The summed E-state index contributed by atoms with van der Waals surface area (Å²) in [5.41, 5.74) is 2.24. The fraction of sp³-hybridized carbons (Fsp3) is 0.500. The zero-order valence-corrected chi connectivity index (χ0v) is 8.15. The van der Waals surface area contributed by atoms with Crippen LogP contribution in [0.5, 0.6) is 0 Å². The molecule has 0 bridgehead atoms. The van der Waals surface area contributed by atoms with E-state index in [2.05, 4.69) is 11.4 Å². The molecule has 2 aliphatic rings. The minimum atomic E-state index is -0.0914. The van der Waals surface area contributed by atoms with Gasteiger partial charge in [-0.15, -0.1) is 0 Å². The second kappa shape index (κ2) is 2.72. The monoisotopic (exact) mass is 191 g/mol. The van der Waals surface area contributed by atoms with E-state index in [1.54, 1.807) is 6.07 Å². The molecule has 0 aromatic heterocycles. The van der Waals surface area contributed by atoms with Gasteiger partial charge in [0.2, 0.25) is 0 Å². The smallest absolute Gasteiger partial charge is 0.146 e. The SMILES string of the molecule is Fc1cccc2c1NCC21CCCC1. The van der Waals surface area contributed by atoms with Gasteiger partial charge in [0.15, 0.2) is 0 Å². The molecule has 1 fully saturated rings. The van der Waals surface area contributed by atoms with Crippen molar-refractivity contribution in [2.75, 3.05) is 11.9 Å². The molecular weight excluding hydrogens is 177 g/mol. The topological polar surface area (TPSA) is 12.0 Å². The van der Waals surface area contributed by atoms with E-state index in [-0.39, 0.29) is 11.2 Å². The van der Waals surface area contributed by atoms with Crippen LogP contribution in [0.15, 0.2) is 18.2 Å². The van der Waals surface area contributed by atoms with E-state index in [0.29, 0.717) is 0 Å². The number of para-hydroxylation sites is 1. The number of rotatable bonds is 0. The second-order valence-corrected chi connectivity index (χ2v) is 4.50. The summed E-state index contributed by atoms with van der Waals surface area (Å²) in [5, 5.41) is 3.23. The number of anilines is 1. The van der Waals surface area contributed by atoms with Crippen molar-refractivity contribution < 1.29 is 4.39 Å². The Labute approximate surface area is 83.3 Å². The quantitative estimate of drug-likeness (QED) is 0.664. The minimum absolute atomic E-state index is 0.0914. The molecule has 1 nitrogen and oxygen atoms in total. The molecule has 1 saturated carbocycles. The van der Waals surface area contributed by atoms with Crippen LogP contribution in [0.3, 0.4) is 0 Å². The van der Waals surface area contributed by atoms with E-state index in [1.165, 1.54) is 31.2 Å². The van der Waals surface area contributed by atoms with E-state index in [0.717, 1.165) is 12.2 Å². The molecule has 1 aliphatic heterocycles. The number of hydrogen-bond acceptors (Lipinski definition) is 1. The lowest BCUT2D eigenvalue weighted by Gasteiger charge is -2.22. The summed E-state index contributed by atoms with van der Waals surface area (Å²) in [6, 6.07) is 5.46. The normalized spacial score (nSPS) is 22.4. The molecule has 0 amide bonds. The highest BCUT2D eigenvalue weighted by Gasteiger charge is 2.41. The summed E-state index contributed by atoms with van der Waals surface area (Å²) < 4.78 is 13.5. The average molecular weight is 191 g/mol. The molecule has 1 aromatic carbocycles. The van der Waals surface area contributed by atoms with Crippen molar-refractivity contribution in [1.29, 1.82) is 0 Å². The van der Waals surface area contributed by atoms with E-state index in [4.69, 9.17) is 0 Å². The Balaban J connectivity index is 2.14. The van der Waals surface area contributed by atoms with Crippen LogP contribution in [0.1, 0.15) is 31.2 Å². The molecule has 1 heterocycles. The van der Waals surface area contributed by atoms with Crippen LogP contribution in [0, 0.1) is 5.82 Å². The lowest BCUT2D eigenvalue weighted by atomic mass is 9.81. The first-order valence-electron chi connectivity index (χ1n) is 5.35. The van der Waals surface area contributed by atoms with Gasteiger partial charge in [0.05, 0.1) is 5.69 Å². The fourth-order valence-corrected chi connectivity index (χ4v) is 3.00. The standard InChI is InChI=1S/C12H14FN/c13-10-5-3-4-9-11(10)14-8-12(9)6-1-2-7-12/h3-5,14H,1-2,6-8H2. The second-order valence-electron chi connectivity index (χ2n) is 4.50. The van der Waals surface area contributed by atoms with Crippen LogP contribution < -0.4 is 5.32 Å². The van der Waals surface area contributed by atoms with Gasteiger partial charge in [-0.05, 0) is 24.5 Å². The number of halogens is 1. The lowest BCUT2D eigenvalue weighted by Crippen LogP contribution is -2.23. The third-order valence-corrected chi connectivity index (χ3v) is 3.75. The molecule has 0 saturated heterocycles. The molecule has 1 aromatic rings. The first kappa shape index (κ1) is 8.27. The van der Waals surface area contributed by atoms with E-state index in [1.807, 2.05) is 6.07 Å². The van der Waals surface area contributed by atoms with Crippen molar-refractivity contribution in [2.45, 2.75) is 31.1 Å². The van der Waals surface area contributed by atoms with Crippen molar-refractivity contribution in [3.8, 4) is 0 Å². The molecule has 1 spiro atoms. The summed E-state index contributed by atoms with van der Waals surface area (Å²) in [6.07, 6.45) is 5.02. The van der Waals surface area contributed by atoms with Crippen LogP contribution in [0.25, 0.3) is 0 Å². The zero-order valence-electron chi connectivity index (χ0n) is 8.15. The van der Waals surface area contributed by atoms with Crippen LogP contribution in [0.2, 0.25) is 0 Å². The summed E-state index contributed by atoms with van der Waals surface area (Å²) in [7, 11) is 0. The molecule has 0 unspecified atom stereocenters. The number of nitrogens with one attached hydrogen (secondary N) is 1. The third-order valence-electron chi connectivity index (χ3n) is 3.75. The van der Waals surface area contributed by atoms with Crippen molar-refractivity contribution >= 4 is 5.69 Å². The van der Waals surface area contributed by atoms with Gasteiger partial charge in [-0.1, -0.05) is 25.0 Å². The first-order chi connectivity index (χ1) is 6.82. The Bertz CT molecular complexity index is 367. The van der Waals surface area contributed by atoms with E-state index < -0.39 is 0 Å². The van der Waals surface area contributed by atoms with E-state index >= 15 is 0 Å². The highest BCUT2D eigenvalue weighted by Crippen LogP contribution is 2.48. The molecule has 1 N–H and O–H groups in total.